The van der Waals surface area contributed by atoms with Crippen molar-refractivity contribution >= 4 is 0 Å². The van der Waals surface area contributed by atoms with E-state index < -0.39 is 0 Å². The average Bonchev–Trinajstić information content (AvgIpc) is 3.00. The molecule has 0 aliphatic heterocycles. The van der Waals surface area contributed by atoms with E-state index in [1.807, 2.05) is 0 Å². The predicted molar refractivity (Wildman–Crippen MR) is 59.1 cm³/mol. The third kappa shape index (κ3) is 1.78. The van der Waals surface area contributed by atoms with Gasteiger partial charge in [-0.05, 0) is 18.2 Å². The van der Waals surface area contributed by atoms with E-state index in [0.29, 0.717) is 17.3 Å². The molecule has 84 valence electrons. The maximum Gasteiger partial charge on any atom is 0.261 e. The molecular weight excluding hydrogens is 220 g/mol. The molecule has 0 spiro atoms. The van der Waals surface area contributed by atoms with Crippen LogP contribution in [0.2, 0.25) is 0 Å². The van der Waals surface area contributed by atoms with E-state index in [0.717, 1.165) is 5.56 Å². The predicted octanol–water partition coefficient (Wildman–Crippen LogP) is 2.70. The highest BCUT2D eigenvalue weighted by atomic mass is 16.5. The van der Waals surface area contributed by atoms with Gasteiger partial charge >= 0.3 is 0 Å². The number of benzene rings is 1. The van der Waals surface area contributed by atoms with Gasteiger partial charge in [0.25, 0.3) is 5.89 Å². The largest absolute Gasteiger partial charge is 0.508 e. The number of phenolic OH excluding ortho intramolecular Hbond substituents is 1. The van der Waals surface area contributed by atoms with Crippen LogP contribution in [0.4, 0.5) is 0 Å². The summed E-state index contributed by atoms with van der Waals surface area (Å²) in [7, 11) is 0. The molecule has 0 fully saturated rings. The maximum absolute atomic E-state index is 9.36. The van der Waals surface area contributed by atoms with Gasteiger partial charge in [0.05, 0.1) is 11.8 Å². The minimum atomic E-state index is 0.164. The van der Waals surface area contributed by atoms with Crippen molar-refractivity contribution in [3.8, 4) is 28.6 Å². The third-order valence-corrected chi connectivity index (χ3v) is 2.30. The van der Waals surface area contributed by atoms with Gasteiger partial charge in [0.15, 0.2) is 0 Å². The molecule has 2 aromatic heterocycles. The fourth-order valence-electron chi connectivity index (χ4n) is 1.49. The quantitative estimate of drug-likeness (QED) is 0.730. The summed E-state index contributed by atoms with van der Waals surface area (Å²) >= 11 is 0. The van der Waals surface area contributed by atoms with Gasteiger partial charge in [-0.3, -0.25) is 0 Å². The summed E-state index contributed by atoms with van der Waals surface area (Å²) in [5.74, 6) is 0.978. The van der Waals surface area contributed by atoms with Crippen molar-refractivity contribution < 1.29 is 14.0 Å². The summed E-state index contributed by atoms with van der Waals surface area (Å²) in [6.45, 7) is 0. The fourth-order valence-corrected chi connectivity index (χ4v) is 1.49. The Morgan fingerprint density at radius 2 is 2.06 bits per heavy atom. The van der Waals surface area contributed by atoms with Crippen molar-refractivity contribution in [3.63, 3.8) is 0 Å². The lowest BCUT2D eigenvalue weighted by Gasteiger charge is -1.94. The second-order valence-electron chi connectivity index (χ2n) is 3.49. The van der Waals surface area contributed by atoms with Gasteiger partial charge in [0, 0.05) is 5.56 Å². The van der Waals surface area contributed by atoms with E-state index in [4.69, 9.17) is 8.94 Å². The second kappa shape index (κ2) is 3.79. The molecule has 0 amide bonds. The van der Waals surface area contributed by atoms with E-state index in [2.05, 4.69) is 10.1 Å². The van der Waals surface area contributed by atoms with Gasteiger partial charge in [0.2, 0.25) is 5.82 Å². The summed E-state index contributed by atoms with van der Waals surface area (Å²) in [5.41, 5.74) is 1.42. The first kappa shape index (κ1) is 9.65. The number of hydrogen-bond donors (Lipinski definition) is 1. The van der Waals surface area contributed by atoms with Crippen molar-refractivity contribution in [2.45, 2.75) is 0 Å². The molecule has 0 bridgehead atoms. The number of hydrogen-bond acceptors (Lipinski definition) is 5. The summed E-state index contributed by atoms with van der Waals surface area (Å²) in [4.78, 5) is 4.22. The molecule has 2 heterocycles. The Balaban J connectivity index is 2.01. The van der Waals surface area contributed by atoms with E-state index >= 15 is 0 Å². The van der Waals surface area contributed by atoms with Crippen molar-refractivity contribution in [2.24, 2.45) is 0 Å². The van der Waals surface area contributed by atoms with E-state index in [1.54, 1.807) is 30.3 Å². The molecule has 0 saturated heterocycles. The Labute approximate surface area is 96.3 Å². The molecule has 0 radical (unpaired) electrons. The molecule has 0 unspecified atom stereocenters. The monoisotopic (exact) mass is 228 g/mol. The fraction of sp³-hybridized carbons (Fsp3) is 0. The maximum atomic E-state index is 9.36. The Bertz CT molecular complexity index is 629. The van der Waals surface area contributed by atoms with Crippen molar-refractivity contribution in [1.82, 2.24) is 10.1 Å². The topological polar surface area (TPSA) is 72.3 Å². The Hall–Kier alpha value is -2.56. The summed E-state index contributed by atoms with van der Waals surface area (Å²) in [5, 5.41) is 13.2. The zero-order valence-corrected chi connectivity index (χ0v) is 8.70. The zero-order chi connectivity index (χ0) is 11.7. The molecule has 3 aromatic rings. The number of rotatable bonds is 2. The number of phenols is 1. The molecule has 0 atom stereocenters. The van der Waals surface area contributed by atoms with Crippen LogP contribution in [0.3, 0.4) is 0 Å². The standard InChI is InChI=1S/C12H8N2O3/c15-10-3-1-2-8(6-10)11-13-12(17-14-11)9-4-5-16-7-9/h1-7,15H. The molecular formula is C12H8N2O3. The Kier molecular flexibility index (Phi) is 2.15. The third-order valence-electron chi connectivity index (χ3n) is 2.30. The highest BCUT2D eigenvalue weighted by Gasteiger charge is 2.11. The smallest absolute Gasteiger partial charge is 0.261 e. The Morgan fingerprint density at radius 1 is 1.12 bits per heavy atom. The minimum Gasteiger partial charge on any atom is -0.508 e. The number of aromatic nitrogens is 2. The highest BCUT2D eigenvalue weighted by molar-refractivity contribution is 5.60. The van der Waals surface area contributed by atoms with Crippen LogP contribution in [-0.2, 0) is 0 Å². The van der Waals surface area contributed by atoms with Crippen LogP contribution in [0.25, 0.3) is 22.8 Å². The lowest BCUT2D eigenvalue weighted by Crippen LogP contribution is -1.80. The van der Waals surface area contributed by atoms with Crippen LogP contribution >= 0.6 is 0 Å². The molecule has 3 rings (SSSR count). The molecule has 17 heavy (non-hydrogen) atoms. The van der Waals surface area contributed by atoms with Gasteiger partial charge < -0.3 is 14.0 Å². The molecule has 5 heteroatoms. The van der Waals surface area contributed by atoms with Gasteiger partial charge in [-0.15, -0.1) is 0 Å². The minimum absolute atomic E-state index is 0.164. The number of nitrogens with zero attached hydrogens (tertiary/aromatic N) is 2. The average molecular weight is 228 g/mol. The van der Waals surface area contributed by atoms with Crippen LogP contribution in [0, 0.1) is 0 Å². The van der Waals surface area contributed by atoms with Crippen LogP contribution in [0.1, 0.15) is 0 Å². The summed E-state index contributed by atoms with van der Waals surface area (Å²) in [6.07, 6.45) is 3.06. The lowest BCUT2D eigenvalue weighted by atomic mass is 10.2. The SMILES string of the molecule is Oc1cccc(-c2noc(-c3ccoc3)n2)c1. The normalized spacial score (nSPS) is 10.6. The van der Waals surface area contributed by atoms with Crippen LogP contribution < -0.4 is 0 Å². The molecule has 1 aromatic carbocycles. The highest BCUT2D eigenvalue weighted by Crippen LogP contribution is 2.24. The van der Waals surface area contributed by atoms with E-state index in [1.165, 1.54) is 12.5 Å². The first-order valence-electron chi connectivity index (χ1n) is 4.98. The molecule has 0 aliphatic carbocycles. The molecule has 0 saturated carbocycles. The van der Waals surface area contributed by atoms with Crippen molar-refractivity contribution in [2.75, 3.05) is 0 Å². The second-order valence-corrected chi connectivity index (χ2v) is 3.49. The molecule has 1 N–H and O–H groups in total. The summed E-state index contributed by atoms with van der Waals surface area (Å²) in [6, 6.07) is 8.41. The first-order chi connectivity index (χ1) is 8.33. The van der Waals surface area contributed by atoms with Gasteiger partial charge in [0.1, 0.15) is 12.0 Å². The first-order valence-corrected chi connectivity index (χ1v) is 4.98. The lowest BCUT2D eigenvalue weighted by molar-refractivity contribution is 0.431. The molecule has 0 aliphatic rings. The zero-order valence-electron chi connectivity index (χ0n) is 8.70. The van der Waals surface area contributed by atoms with Crippen molar-refractivity contribution in [3.05, 3.63) is 42.9 Å². The van der Waals surface area contributed by atoms with Crippen LogP contribution in [0.5, 0.6) is 5.75 Å². The molecule has 5 nitrogen and oxygen atoms in total. The van der Waals surface area contributed by atoms with E-state index in [9.17, 15) is 5.11 Å². The van der Waals surface area contributed by atoms with Crippen LogP contribution in [0.15, 0.2) is 51.8 Å². The van der Waals surface area contributed by atoms with Gasteiger partial charge in [-0.1, -0.05) is 17.3 Å². The van der Waals surface area contributed by atoms with Gasteiger partial charge in [-0.2, -0.15) is 4.98 Å². The summed E-state index contributed by atoms with van der Waals surface area (Å²) < 4.78 is 10.0. The van der Waals surface area contributed by atoms with Gasteiger partial charge in [-0.25, -0.2) is 0 Å². The van der Waals surface area contributed by atoms with Crippen LogP contribution in [-0.4, -0.2) is 15.2 Å². The number of furan rings is 1. The Morgan fingerprint density at radius 3 is 2.82 bits per heavy atom. The van der Waals surface area contributed by atoms with Crippen molar-refractivity contribution in [1.29, 1.82) is 0 Å². The number of aromatic hydroxyl groups is 1. The van der Waals surface area contributed by atoms with E-state index in [-0.39, 0.29) is 5.75 Å².